The molecule has 0 saturated heterocycles. The van der Waals surface area contributed by atoms with E-state index in [1.165, 1.54) is 23.5 Å². The minimum atomic E-state index is -4.02. The zero-order valence-electron chi connectivity index (χ0n) is 21.6. The molecular formula is C25H36N2O7S. The molecule has 35 heavy (non-hydrogen) atoms. The van der Waals surface area contributed by atoms with Crippen molar-refractivity contribution in [2.45, 2.75) is 52.0 Å². The zero-order valence-corrected chi connectivity index (χ0v) is 22.4. The molecule has 10 heteroatoms. The highest BCUT2D eigenvalue weighted by Crippen LogP contribution is 2.27. The molecule has 1 atom stereocenters. The second-order valence-electron chi connectivity index (χ2n) is 8.10. The summed E-state index contributed by atoms with van der Waals surface area (Å²) in [6.45, 7) is 9.72. The van der Waals surface area contributed by atoms with Gasteiger partial charge in [0.2, 0.25) is 10.0 Å². The fourth-order valence-electron chi connectivity index (χ4n) is 4.04. The van der Waals surface area contributed by atoms with Crippen LogP contribution < -0.4 is 4.74 Å². The number of nitrogens with zero attached hydrogens (tertiary/aromatic N) is 2. The van der Waals surface area contributed by atoms with E-state index in [0.29, 0.717) is 42.2 Å². The molecule has 0 spiro atoms. The van der Waals surface area contributed by atoms with Gasteiger partial charge in [0.25, 0.3) is 0 Å². The van der Waals surface area contributed by atoms with Gasteiger partial charge in [0.05, 0.1) is 24.7 Å². The number of carbonyl (C=O) groups is 2. The third kappa shape index (κ3) is 6.12. The van der Waals surface area contributed by atoms with Crippen LogP contribution in [-0.4, -0.2) is 68.6 Å². The number of carbonyl (C=O) groups excluding carboxylic acids is 2. The summed E-state index contributed by atoms with van der Waals surface area (Å²) >= 11 is 0. The Bertz CT molecular complexity index is 1140. The van der Waals surface area contributed by atoms with E-state index in [1.54, 1.807) is 51.4 Å². The third-order valence-corrected chi connectivity index (χ3v) is 7.98. The minimum absolute atomic E-state index is 0.0584. The van der Waals surface area contributed by atoms with Crippen molar-refractivity contribution < 1.29 is 32.2 Å². The lowest BCUT2D eigenvalue weighted by Crippen LogP contribution is -2.44. The quantitative estimate of drug-likeness (QED) is 0.232. The van der Waals surface area contributed by atoms with Gasteiger partial charge < -0.3 is 18.8 Å². The summed E-state index contributed by atoms with van der Waals surface area (Å²) in [6, 6.07) is 5.03. The van der Waals surface area contributed by atoms with Crippen LogP contribution in [0.3, 0.4) is 0 Å². The number of methoxy groups -OCH3 is 1. The Hall–Kier alpha value is -2.69. The van der Waals surface area contributed by atoms with E-state index in [4.69, 9.17) is 14.2 Å². The van der Waals surface area contributed by atoms with Gasteiger partial charge in [0.1, 0.15) is 11.4 Å². The van der Waals surface area contributed by atoms with Crippen LogP contribution in [0.25, 0.3) is 0 Å². The molecule has 1 aromatic heterocycles. The Labute approximate surface area is 208 Å². The molecular weight excluding hydrogens is 472 g/mol. The van der Waals surface area contributed by atoms with Crippen molar-refractivity contribution in [3.63, 3.8) is 0 Å². The molecule has 0 N–H and O–H groups in total. The summed E-state index contributed by atoms with van der Waals surface area (Å²) in [5.74, 6) is -0.389. The molecule has 0 aliphatic carbocycles. The molecule has 0 aliphatic heterocycles. The molecule has 2 aromatic rings. The fraction of sp³-hybridized carbons (Fsp3) is 0.520. The lowest BCUT2D eigenvalue weighted by Gasteiger charge is -2.28. The monoisotopic (exact) mass is 508 g/mol. The minimum Gasteiger partial charge on any atom is -0.497 e. The standard InChI is InChI=1S/C25H36N2O7S/c1-8-33-16-10-15-27(35(30,31)21-13-11-20(32-7)12-14-21)19(5)24(28)22-17(3)23(25(29)34-9-2)26(6)18(22)4/h11-14,19H,8-10,15-16H2,1-7H3/t19-/m1/s1. The van der Waals surface area contributed by atoms with E-state index in [0.717, 1.165) is 0 Å². The summed E-state index contributed by atoms with van der Waals surface area (Å²) in [7, 11) is -0.833. The summed E-state index contributed by atoms with van der Waals surface area (Å²) in [5, 5.41) is 0. The van der Waals surface area contributed by atoms with Crippen molar-refractivity contribution in [2.75, 3.05) is 33.5 Å². The maximum atomic E-state index is 13.7. The van der Waals surface area contributed by atoms with Gasteiger partial charge in [-0.2, -0.15) is 4.31 Å². The third-order valence-electron chi connectivity index (χ3n) is 5.99. The maximum Gasteiger partial charge on any atom is 0.355 e. The number of esters is 1. The summed E-state index contributed by atoms with van der Waals surface area (Å²) in [6.07, 6.45) is 0.418. The Kier molecular flexibility index (Phi) is 10.1. The van der Waals surface area contributed by atoms with Crippen LogP contribution in [0.15, 0.2) is 29.2 Å². The van der Waals surface area contributed by atoms with Crippen LogP contribution in [-0.2, 0) is 26.5 Å². The number of benzene rings is 1. The molecule has 2 rings (SSSR count). The second-order valence-corrected chi connectivity index (χ2v) is 9.99. The summed E-state index contributed by atoms with van der Waals surface area (Å²) in [5.41, 5.74) is 1.64. The molecule has 194 valence electrons. The molecule has 0 radical (unpaired) electrons. The van der Waals surface area contributed by atoms with Gasteiger partial charge in [0.15, 0.2) is 5.78 Å². The summed E-state index contributed by atoms with van der Waals surface area (Å²) in [4.78, 5) is 26.3. The lowest BCUT2D eigenvalue weighted by atomic mass is 10.0. The largest absolute Gasteiger partial charge is 0.497 e. The van der Waals surface area contributed by atoms with Crippen molar-refractivity contribution in [3.8, 4) is 5.75 Å². The van der Waals surface area contributed by atoms with Gasteiger partial charge in [-0.05, 0) is 70.9 Å². The molecule has 0 amide bonds. The zero-order chi connectivity index (χ0) is 26.3. The van der Waals surface area contributed by atoms with Crippen LogP contribution in [0, 0.1) is 13.8 Å². The average molecular weight is 509 g/mol. The number of sulfonamides is 1. The van der Waals surface area contributed by atoms with Crippen molar-refractivity contribution in [2.24, 2.45) is 7.05 Å². The highest BCUT2D eigenvalue weighted by molar-refractivity contribution is 7.89. The average Bonchev–Trinajstić information content (AvgIpc) is 3.06. The van der Waals surface area contributed by atoms with Gasteiger partial charge in [-0.3, -0.25) is 4.79 Å². The van der Waals surface area contributed by atoms with Crippen LogP contribution in [0.5, 0.6) is 5.75 Å². The smallest absolute Gasteiger partial charge is 0.355 e. The van der Waals surface area contributed by atoms with E-state index in [2.05, 4.69) is 0 Å². The predicted octanol–water partition coefficient (Wildman–Crippen LogP) is 3.52. The number of Topliss-reactive ketones (excluding diaryl/α,β-unsaturated/α-hetero) is 1. The number of hydrogen-bond acceptors (Lipinski definition) is 7. The highest BCUT2D eigenvalue weighted by atomic mass is 32.2. The first-order valence-electron chi connectivity index (χ1n) is 11.6. The Morgan fingerprint density at radius 3 is 2.26 bits per heavy atom. The van der Waals surface area contributed by atoms with Crippen LogP contribution in [0.2, 0.25) is 0 Å². The van der Waals surface area contributed by atoms with Crippen LogP contribution in [0.1, 0.15) is 59.3 Å². The first kappa shape index (κ1) is 28.5. The topological polar surface area (TPSA) is 104 Å². The molecule has 9 nitrogen and oxygen atoms in total. The highest BCUT2D eigenvalue weighted by Gasteiger charge is 2.36. The number of ketones is 1. The summed E-state index contributed by atoms with van der Waals surface area (Å²) < 4.78 is 45.7. The van der Waals surface area contributed by atoms with E-state index in [-0.39, 0.29) is 29.5 Å². The molecule has 0 fully saturated rings. The molecule has 1 aromatic carbocycles. The molecule has 0 bridgehead atoms. The number of ether oxygens (including phenoxy) is 3. The van der Waals surface area contributed by atoms with Gasteiger partial charge >= 0.3 is 5.97 Å². The second kappa shape index (κ2) is 12.3. The van der Waals surface area contributed by atoms with E-state index in [9.17, 15) is 18.0 Å². The van der Waals surface area contributed by atoms with Crippen LogP contribution >= 0.6 is 0 Å². The molecule has 0 unspecified atom stereocenters. The first-order valence-corrected chi connectivity index (χ1v) is 13.1. The Morgan fingerprint density at radius 1 is 1.09 bits per heavy atom. The molecule has 0 saturated carbocycles. The molecule has 1 heterocycles. The SMILES string of the molecule is CCOCCCN([C@H](C)C(=O)c1c(C)c(C(=O)OCC)n(C)c1C)S(=O)(=O)c1ccc(OC)cc1. The van der Waals surface area contributed by atoms with Gasteiger partial charge in [-0.25, -0.2) is 13.2 Å². The van der Waals surface area contributed by atoms with Crippen molar-refractivity contribution in [1.82, 2.24) is 8.87 Å². The van der Waals surface area contributed by atoms with E-state index in [1.807, 2.05) is 6.92 Å². The molecule has 0 aliphatic rings. The van der Waals surface area contributed by atoms with E-state index >= 15 is 0 Å². The van der Waals surface area contributed by atoms with Gasteiger partial charge in [-0.1, -0.05) is 0 Å². The maximum absolute atomic E-state index is 13.7. The van der Waals surface area contributed by atoms with Gasteiger partial charge in [0, 0.05) is 38.1 Å². The van der Waals surface area contributed by atoms with Crippen molar-refractivity contribution in [1.29, 1.82) is 0 Å². The Balaban J connectivity index is 2.50. The fourth-order valence-corrected chi connectivity index (χ4v) is 5.67. The predicted molar refractivity (Wildman–Crippen MR) is 133 cm³/mol. The lowest BCUT2D eigenvalue weighted by molar-refractivity contribution is 0.0514. The number of aromatic nitrogens is 1. The van der Waals surface area contributed by atoms with Crippen molar-refractivity contribution >= 4 is 21.8 Å². The number of hydrogen-bond donors (Lipinski definition) is 0. The Morgan fingerprint density at radius 2 is 1.71 bits per heavy atom. The van der Waals surface area contributed by atoms with Crippen molar-refractivity contribution in [3.05, 3.63) is 46.8 Å². The normalized spacial score (nSPS) is 12.6. The van der Waals surface area contributed by atoms with Crippen LogP contribution in [0.4, 0.5) is 0 Å². The number of rotatable bonds is 13. The first-order chi connectivity index (χ1) is 16.5. The van der Waals surface area contributed by atoms with Gasteiger partial charge in [-0.15, -0.1) is 0 Å². The van der Waals surface area contributed by atoms with E-state index < -0.39 is 22.0 Å².